The molecular formula is C21H16Cl2N2O4. The minimum Gasteiger partial charge on any atom is -0.478 e. The van der Waals surface area contributed by atoms with Crippen LogP contribution in [0.1, 0.15) is 39.2 Å². The Hall–Kier alpha value is -3.09. The Labute approximate surface area is 177 Å². The number of benzene rings is 2. The number of halogens is 2. The molecule has 1 heterocycles. The molecule has 1 aromatic heterocycles. The number of carbonyl (C=O) groups excluding carboxylic acids is 1. The van der Waals surface area contributed by atoms with Gasteiger partial charge in [-0.25, -0.2) is 9.78 Å². The monoisotopic (exact) mass is 430 g/mol. The zero-order valence-corrected chi connectivity index (χ0v) is 16.7. The highest BCUT2D eigenvalue weighted by atomic mass is 35.5. The summed E-state index contributed by atoms with van der Waals surface area (Å²) < 4.78 is 5.72. The van der Waals surface area contributed by atoms with Crippen molar-refractivity contribution in [2.24, 2.45) is 0 Å². The first-order chi connectivity index (χ1) is 13.8. The number of hydrogen-bond donors (Lipinski definition) is 2. The zero-order valence-electron chi connectivity index (χ0n) is 15.2. The topological polar surface area (TPSA) is 88.5 Å². The molecule has 1 unspecified atom stereocenters. The highest BCUT2D eigenvalue weighted by molar-refractivity contribution is 6.31. The maximum atomic E-state index is 12.8. The van der Waals surface area contributed by atoms with Gasteiger partial charge in [0.25, 0.3) is 5.91 Å². The number of aromatic nitrogens is 1. The van der Waals surface area contributed by atoms with Gasteiger partial charge in [-0.2, -0.15) is 0 Å². The maximum absolute atomic E-state index is 12.8. The Kier molecular flexibility index (Phi) is 6.36. The van der Waals surface area contributed by atoms with Crippen LogP contribution in [0.15, 0.2) is 60.8 Å². The van der Waals surface area contributed by atoms with Gasteiger partial charge < -0.3 is 15.2 Å². The number of nitrogens with one attached hydrogen (secondary N) is 1. The lowest BCUT2D eigenvalue weighted by atomic mass is 10.1. The highest BCUT2D eigenvalue weighted by Crippen LogP contribution is 2.27. The molecule has 0 spiro atoms. The molecule has 2 N–H and O–H groups in total. The summed E-state index contributed by atoms with van der Waals surface area (Å²) in [5, 5.41) is 12.6. The van der Waals surface area contributed by atoms with Crippen LogP contribution in [-0.4, -0.2) is 22.0 Å². The number of carboxylic acid groups (broad SMARTS) is 1. The number of ether oxygens (including phenoxy) is 1. The van der Waals surface area contributed by atoms with E-state index in [1.54, 1.807) is 43.3 Å². The van der Waals surface area contributed by atoms with E-state index in [0.29, 0.717) is 10.8 Å². The van der Waals surface area contributed by atoms with E-state index in [0.717, 1.165) is 5.56 Å². The largest absolute Gasteiger partial charge is 0.478 e. The van der Waals surface area contributed by atoms with Crippen molar-refractivity contribution in [3.63, 3.8) is 0 Å². The molecule has 2 aromatic carbocycles. The summed E-state index contributed by atoms with van der Waals surface area (Å²) in [5.74, 6) is -0.936. The standard InChI is InChI=1S/C21H16Cl2N2O4/c1-12(13-5-7-14(8-6-13)21(27)28)25-19(26)18-10-16(23)11-24-20(18)29-17-4-2-3-15(22)9-17/h2-12H,1H3,(H,25,26)(H,27,28). The molecule has 0 aliphatic rings. The molecule has 0 aliphatic carbocycles. The second-order valence-electron chi connectivity index (χ2n) is 6.19. The van der Waals surface area contributed by atoms with Gasteiger partial charge in [-0.15, -0.1) is 0 Å². The molecule has 1 amide bonds. The van der Waals surface area contributed by atoms with Crippen molar-refractivity contribution in [1.82, 2.24) is 10.3 Å². The second-order valence-corrected chi connectivity index (χ2v) is 7.06. The number of carboxylic acids is 1. The van der Waals surface area contributed by atoms with Gasteiger partial charge >= 0.3 is 5.97 Å². The van der Waals surface area contributed by atoms with Crippen molar-refractivity contribution in [3.8, 4) is 11.6 Å². The summed E-state index contributed by atoms with van der Waals surface area (Å²) in [7, 11) is 0. The lowest BCUT2D eigenvalue weighted by Gasteiger charge is -2.16. The normalized spacial score (nSPS) is 11.6. The molecule has 8 heteroatoms. The first-order valence-corrected chi connectivity index (χ1v) is 9.32. The Morgan fingerprint density at radius 3 is 2.45 bits per heavy atom. The SMILES string of the molecule is CC(NC(=O)c1cc(Cl)cnc1Oc1cccc(Cl)c1)c1ccc(C(=O)O)cc1. The number of nitrogens with zero attached hydrogens (tertiary/aromatic N) is 1. The van der Waals surface area contributed by atoms with Gasteiger partial charge in [0.1, 0.15) is 11.3 Å². The molecule has 148 valence electrons. The molecule has 0 saturated carbocycles. The number of aromatic carboxylic acids is 1. The van der Waals surface area contributed by atoms with E-state index in [9.17, 15) is 9.59 Å². The summed E-state index contributed by atoms with van der Waals surface area (Å²) in [6.45, 7) is 1.78. The molecule has 0 aliphatic heterocycles. The van der Waals surface area contributed by atoms with Crippen molar-refractivity contribution < 1.29 is 19.4 Å². The van der Waals surface area contributed by atoms with Crippen LogP contribution in [0.25, 0.3) is 0 Å². The first-order valence-electron chi connectivity index (χ1n) is 8.56. The zero-order chi connectivity index (χ0) is 21.0. The van der Waals surface area contributed by atoms with Crippen LogP contribution in [0.2, 0.25) is 10.0 Å². The van der Waals surface area contributed by atoms with E-state index < -0.39 is 11.9 Å². The predicted molar refractivity (Wildman–Crippen MR) is 110 cm³/mol. The van der Waals surface area contributed by atoms with Crippen molar-refractivity contribution in [2.75, 3.05) is 0 Å². The average Bonchev–Trinajstić information content (AvgIpc) is 2.69. The van der Waals surface area contributed by atoms with E-state index >= 15 is 0 Å². The minimum absolute atomic E-state index is 0.0857. The fourth-order valence-electron chi connectivity index (χ4n) is 2.58. The quantitative estimate of drug-likeness (QED) is 0.548. The molecule has 6 nitrogen and oxygen atoms in total. The molecule has 0 saturated heterocycles. The molecule has 3 aromatic rings. The smallest absolute Gasteiger partial charge is 0.335 e. The Balaban J connectivity index is 1.80. The van der Waals surface area contributed by atoms with Crippen molar-refractivity contribution in [1.29, 1.82) is 0 Å². The van der Waals surface area contributed by atoms with Crippen molar-refractivity contribution >= 4 is 35.1 Å². The van der Waals surface area contributed by atoms with Crippen LogP contribution in [0.5, 0.6) is 11.6 Å². The number of hydrogen-bond acceptors (Lipinski definition) is 4. The molecular weight excluding hydrogens is 415 g/mol. The summed E-state index contributed by atoms with van der Waals surface area (Å²) in [5.41, 5.74) is 1.07. The van der Waals surface area contributed by atoms with E-state index in [2.05, 4.69) is 10.3 Å². The predicted octanol–water partition coefficient (Wildman–Crippen LogP) is 5.37. The summed E-state index contributed by atoms with van der Waals surface area (Å²) in [6.07, 6.45) is 1.38. The third kappa shape index (κ3) is 5.25. The van der Waals surface area contributed by atoms with Crippen molar-refractivity contribution in [3.05, 3.63) is 87.5 Å². The highest BCUT2D eigenvalue weighted by Gasteiger charge is 2.19. The lowest BCUT2D eigenvalue weighted by Crippen LogP contribution is -2.27. The van der Waals surface area contributed by atoms with Gasteiger partial charge in [0.2, 0.25) is 5.88 Å². The van der Waals surface area contributed by atoms with E-state index in [4.69, 9.17) is 33.0 Å². The van der Waals surface area contributed by atoms with Gasteiger partial charge in [0, 0.05) is 11.2 Å². The maximum Gasteiger partial charge on any atom is 0.335 e. The minimum atomic E-state index is -1.01. The average molecular weight is 431 g/mol. The third-order valence-corrected chi connectivity index (χ3v) is 4.52. The number of rotatable bonds is 6. The number of carbonyl (C=O) groups is 2. The summed E-state index contributed by atoms with van der Waals surface area (Å²) in [6, 6.07) is 14.0. The molecule has 29 heavy (non-hydrogen) atoms. The van der Waals surface area contributed by atoms with Gasteiger partial charge in [0.15, 0.2) is 0 Å². The third-order valence-electron chi connectivity index (χ3n) is 4.08. The van der Waals surface area contributed by atoms with Gasteiger partial charge in [-0.3, -0.25) is 4.79 Å². The number of amides is 1. The number of pyridine rings is 1. The fraction of sp³-hybridized carbons (Fsp3) is 0.0952. The molecule has 3 rings (SSSR count). The van der Waals surface area contributed by atoms with Crippen LogP contribution in [0, 0.1) is 0 Å². The van der Waals surface area contributed by atoms with Gasteiger partial charge in [0.05, 0.1) is 16.6 Å². The van der Waals surface area contributed by atoms with Crippen LogP contribution in [-0.2, 0) is 0 Å². The van der Waals surface area contributed by atoms with Crippen LogP contribution >= 0.6 is 23.2 Å². The first kappa shape index (κ1) is 20.6. The van der Waals surface area contributed by atoms with E-state index in [1.165, 1.54) is 24.4 Å². The molecule has 1 atom stereocenters. The van der Waals surface area contributed by atoms with Crippen LogP contribution in [0.4, 0.5) is 0 Å². The van der Waals surface area contributed by atoms with Crippen LogP contribution < -0.4 is 10.1 Å². The van der Waals surface area contributed by atoms with Gasteiger partial charge in [-0.1, -0.05) is 41.4 Å². The summed E-state index contributed by atoms with van der Waals surface area (Å²) >= 11 is 12.0. The second kappa shape index (κ2) is 8.94. The molecule has 0 bridgehead atoms. The van der Waals surface area contributed by atoms with Crippen LogP contribution in [0.3, 0.4) is 0 Å². The Bertz CT molecular complexity index is 1050. The summed E-state index contributed by atoms with van der Waals surface area (Å²) in [4.78, 5) is 27.9. The van der Waals surface area contributed by atoms with E-state index in [1.807, 2.05) is 0 Å². The fourth-order valence-corrected chi connectivity index (χ4v) is 2.92. The van der Waals surface area contributed by atoms with E-state index in [-0.39, 0.29) is 28.1 Å². The Morgan fingerprint density at radius 1 is 1.07 bits per heavy atom. The lowest BCUT2D eigenvalue weighted by molar-refractivity contribution is 0.0696. The molecule has 0 radical (unpaired) electrons. The van der Waals surface area contributed by atoms with Crippen molar-refractivity contribution in [2.45, 2.75) is 13.0 Å². The van der Waals surface area contributed by atoms with Gasteiger partial charge in [-0.05, 0) is 48.9 Å². The molecule has 0 fully saturated rings. The Morgan fingerprint density at radius 2 is 1.79 bits per heavy atom.